The Hall–Kier alpha value is -2.63. The first kappa shape index (κ1) is 15.3. The second kappa shape index (κ2) is 6.24. The average molecular weight is 312 g/mol. The molecule has 0 unspecified atom stereocenters. The van der Waals surface area contributed by atoms with E-state index in [9.17, 15) is 9.59 Å². The second-order valence-corrected chi connectivity index (χ2v) is 6.17. The van der Waals surface area contributed by atoms with Gasteiger partial charge in [-0.2, -0.15) is 0 Å². The third-order valence-corrected chi connectivity index (χ3v) is 3.83. The largest absolute Gasteiger partial charge is 0.357 e. The summed E-state index contributed by atoms with van der Waals surface area (Å²) in [7, 11) is 0. The zero-order valence-electron chi connectivity index (χ0n) is 13.3. The van der Waals surface area contributed by atoms with Gasteiger partial charge in [-0.15, -0.1) is 0 Å². The highest BCUT2D eigenvalue weighted by atomic mass is 16.1. The summed E-state index contributed by atoms with van der Waals surface area (Å²) in [6, 6.07) is 5.47. The van der Waals surface area contributed by atoms with E-state index >= 15 is 0 Å². The van der Waals surface area contributed by atoms with E-state index in [0.29, 0.717) is 29.9 Å². The van der Waals surface area contributed by atoms with E-state index in [1.807, 2.05) is 12.1 Å². The standard InChI is InChI=1S/C17H20N4O2/c1-11(2)5-6-21-10-19-15-4-3-12(7-14(15)17(21)23)20-13-8-16(22)18-9-13/h3-4,7-8,10-11,20H,5-6,9H2,1-2H3,(H,18,22). The molecule has 0 bridgehead atoms. The molecule has 1 aromatic heterocycles. The molecule has 0 radical (unpaired) electrons. The Kier molecular flexibility index (Phi) is 4.14. The van der Waals surface area contributed by atoms with E-state index in [1.54, 1.807) is 17.0 Å². The number of carbonyl (C=O) groups excluding carboxylic acids is 1. The molecule has 3 rings (SSSR count). The van der Waals surface area contributed by atoms with Crippen molar-refractivity contribution in [2.45, 2.75) is 26.8 Å². The number of benzene rings is 1. The van der Waals surface area contributed by atoms with Gasteiger partial charge in [-0.05, 0) is 30.5 Å². The van der Waals surface area contributed by atoms with Crippen molar-refractivity contribution in [2.24, 2.45) is 5.92 Å². The Labute approximate surface area is 134 Å². The second-order valence-electron chi connectivity index (χ2n) is 6.17. The van der Waals surface area contributed by atoms with Crippen molar-refractivity contribution < 1.29 is 4.79 Å². The van der Waals surface area contributed by atoms with E-state index in [0.717, 1.165) is 17.8 Å². The van der Waals surface area contributed by atoms with Gasteiger partial charge in [0.1, 0.15) is 0 Å². The summed E-state index contributed by atoms with van der Waals surface area (Å²) >= 11 is 0. The molecule has 0 saturated heterocycles. The number of hydrogen-bond acceptors (Lipinski definition) is 4. The fourth-order valence-electron chi connectivity index (χ4n) is 2.50. The highest BCUT2D eigenvalue weighted by molar-refractivity contribution is 5.92. The summed E-state index contributed by atoms with van der Waals surface area (Å²) in [5.74, 6) is 0.427. The third kappa shape index (κ3) is 3.41. The molecule has 0 atom stereocenters. The molecule has 1 aromatic carbocycles. The molecule has 1 aliphatic heterocycles. The molecule has 0 fully saturated rings. The monoisotopic (exact) mass is 312 g/mol. The average Bonchev–Trinajstić information content (AvgIpc) is 2.92. The minimum Gasteiger partial charge on any atom is -0.357 e. The third-order valence-electron chi connectivity index (χ3n) is 3.83. The number of carbonyl (C=O) groups is 1. The van der Waals surface area contributed by atoms with E-state index < -0.39 is 0 Å². The number of hydrogen-bond donors (Lipinski definition) is 2. The first-order chi connectivity index (χ1) is 11.0. The molecule has 1 aliphatic rings. The Morgan fingerprint density at radius 3 is 2.87 bits per heavy atom. The maximum Gasteiger partial charge on any atom is 0.261 e. The van der Waals surface area contributed by atoms with Crippen LogP contribution in [0.15, 0.2) is 41.1 Å². The van der Waals surface area contributed by atoms with E-state index in [-0.39, 0.29) is 11.5 Å². The minimum absolute atomic E-state index is 0.0334. The molecule has 0 aliphatic carbocycles. The summed E-state index contributed by atoms with van der Waals surface area (Å²) in [4.78, 5) is 28.1. The summed E-state index contributed by atoms with van der Waals surface area (Å²) in [6.45, 7) is 5.40. The Bertz CT molecular complexity index is 836. The topological polar surface area (TPSA) is 76.0 Å². The van der Waals surface area contributed by atoms with Gasteiger partial charge in [0.2, 0.25) is 5.91 Å². The van der Waals surface area contributed by atoms with E-state index in [1.165, 1.54) is 6.08 Å². The van der Waals surface area contributed by atoms with E-state index in [2.05, 4.69) is 29.5 Å². The number of nitrogens with one attached hydrogen (secondary N) is 2. The van der Waals surface area contributed by atoms with Crippen LogP contribution < -0.4 is 16.2 Å². The SMILES string of the molecule is CC(C)CCn1cnc2ccc(NC3=CC(=O)NC3)cc2c1=O. The molecular formula is C17H20N4O2. The van der Waals surface area contributed by atoms with Crippen LogP contribution in [0.2, 0.25) is 0 Å². The van der Waals surface area contributed by atoms with Gasteiger partial charge in [-0.3, -0.25) is 14.2 Å². The lowest BCUT2D eigenvalue weighted by atomic mass is 10.1. The van der Waals surface area contributed by atoms with Crippen molar-refractivity contribution in [3.8, 4) is 0 Å². The van der Waals surface area contributed by atoms with Crippen LogP contribution in [0.4, 0.5) is 5.69 Å². The number of rotatable bonds is 5. The van der Waals surface area contributed by atoms with Crippen molar-refractivity contribution in [1.82, 2.24) is 14.9 Å². The maximum absolute atomic E-state index is 12.6. The molecule has 0 saturated carbocycles. The number of aromatic nitrogens is 2. The lowest BCUT2D eigenvalue weighted by Crippen LogP contribution is -2.21. The fourth-order valence-corrected chi connectivity index (χ4v) is 2.50. The summed E-state index contributed by atoms with van der Waals surface area (Å²) in [5.41, 5.74) is 2.21. The summed E-state index contributed by atoms with van der Waals surface area (Å²) in [6.07, 6.45) is 4.07. The van der Waals surface area contributed by atoms with Gasteiger partial charge in [0.25, 0.3) is 5.56 Å². The number of nitrogens with zero attached hydrogens (tertiary/aromatic N) is 2. The molecule has 120 valence electrons. The van der Waals surface area contributed by atoms with Crippen LogP contribution in [0.3, 0.4) is 0 Å². The molecule has 1 amide bonds. The fraction of sp³-hybridized carbons (Fsp3) is 0.353. The first-order valence-corrected chi connectivity index (χ1v) is 7.77. The Morgan fingerprint density at radius 2 is 2.17 bits per heavy atom. The van der Waals surface area contributed by atoms with E-state index in [4.69, 9.17) is 0 Å². The van der Waals surface area contributed by atoms with Crippen molar-refractivity contribution >= 4 is 22.5 Å². The van der Waals surface area contributed by atoms with Crippen molar-refractivity contribution in [1.29, 1.82) is 0 Å². The Morgan fingerprint density at radius 1 is 1.35 bits per heavy atom. The molecule has 0 spiro atoms. The Balaban J connectivity index is 1.91. The van der Waals surface area contributed by atoms with Crippen molar-refractivity contribution in [3.63, 3.8) is 0 Å². The van der Waals surface area contributed by atoms with Crippen LogP contribution in [-0.4, -0.2) is 22.0 Å². The smallest absolute Gasteiger partial charge is 0.261 e. The van der Waals surface area contributed by atoms with Gasteiger partial charge in [0.15, 0.2) is 0 Å². The van der Waals surface area contributed by atoms with Gasteiger partial charge in [-0.1, -0.05) is 13.8 Å². The van der Waals surface area contributed by atoms with Crippen LogP contribution in [0, 0.1) is 5.92 Å². The molecule has 6 nitrogen and oxygen atoms in total. The highest BCUT2D eigenvalue weighted by Gasteiger charge is 2.11. The lowest BCUT2D eigenvalue weighted by molar-refractivity contribution is -0.115. The highest BCUT2D eigenvalue weighted by Crippen LogP contribution is 2.17. The van der Waals surface area contributed by atoms with Gasteiger partial charge < -0.3 is 10.6 Å². The molecule has 2 N–H and O–H groups in total. The van der Waals surface area contributed by atoms with Crippen LogP contribution in [0.5, 0.6) is 0 Å². The molecule has 6 heteroatoms. The van der Waals surface area contributed by atoms with Crippen molar-refractivity contribution in [3.05, 3.63) is 46.7 Å². The van der Waals surface area contributed by atoms with Gasteiger partial charge in [-0.25, -0.2) is 4.98 Å². The predicted molar refractivity (Wildman–Crippen MR) is 90.2 cm³/mol. The summed E-state index contributed by atoms with van der Waals surface area (Å²) < 4.78 is 1.66. The molecule has 23 heavy (non-hydrogen) atoms. The molecule has 2 aromatic rings. The van der Waals surface area contributed by atoms with Crippen LogP contribution >= 0.6 is 0 Å². The van der Waals surface area contributed by atoms with Crippen LogP contribution in [0.1, 0.15) is 20.3 Å². The quantitative estimate of drug-likeness (QED) is 0.883. The number of aryl methyl sites for hydroxylation is 1. The lowest BCUT2D eigenvalue weighted by Gasteiger charge is -2.10. The minimum atomic E-state index is -0.106. The van der Waals surface area contributed by atoms with Gasteiger partial charge >= 0.3 is 0 Å². The van der Waals surface area contributed by atoms with Gasteiger partial charge in [0, 0.05) is 24.0 Å². The summed E-state index contributed by atoms with van der Waals surface area (Å²) in [5, 5.41) is 6.45. The molecule has 2 heterocycles. The predicted octanol–water partition coefficient (Wildman–Crippen LogP) is 1.87. The zero-order chi connectivity index (χ0) is 16.4. The number of amides is 1. The normalized spacial score (nSPS) is 14.2. The van der Waals surface area contributed by atoms with Crippen LogP contribution in [0.25, 0.3) is 10.9 Å². The van der Waals surface area contributed by atoms with Crippen molar-refractivity contribution in [2.75, 3.05) is 11.9 Å². The number of anilines is 1. The zero-order valence-corrected chi connectivity index (χ0v) is 13.3. The van der Waals surface area contributed by atoms with Gasteiger partial charge in [0.05, 0.1) is 23.8 Å². The first-order valence-electron chi connectivity index (χ1n) is 7.77. The maximum atomic E-state index is 12.6. The number of fused-ring (bicyclic) bond motifs is 1. The van der Waals surface area contributed by atoms with Crippen LogP contribution in [-0.2, 0) is 11.3 Å². The molecular weight excluding hydrogens is 292 g/mol.